The van der Waals surface area contributed by atoms with Crippen molar-refractivity contribution in [3.8, 4) is 11.5 Å². The van der Waals surface area contributed by atoms with Gasteiger partial charge < -0.3 is 24.5 Å². The number of benzene rings is 3. The van der Waals surface area contributed by atoms with Gasteiger partial charge in [-0.15, -0.1) is 0 Å². The number of amides is 2. The average molecular weight is 638 g/mol. The minimum atomic E-state index is -0.671. The molecule has 0 spiro atoms. The van der Waals surface area contributed by atoms with Crippen LogP contribution < -0.4 is 9.47 Å². The van der Waals surface area contributed by atoms with Gasteiger partial charge in [0.05, 0.1) is 0 Å². The molecule has 4 aromatic rings. The second-order valence-corrected chi connectivity index (χ2v) is 12.1. The molecule has 1 unspecified atom stereocenters. The number of carbonyl (C=O) groups excluding carboxylic acids is 2. The number of nitrogens with one attached hydrogen (secondary N) is 1. The number of aromatic amines is 1. The highest BCUT2D eigenvalue weighted by Gasteiger charge is 2.36. The molecule has 0 saturated carbocycles. The minimum absolute atomic E-state index is 0.0805. The molecule has 11 heteroatoms. The van der Waals surface area contributed by atoms with Crippen LogP contribution in [-0.4, -0.2) is 88.8 Å². The number of aromatic nitrogens is 1. The molecule has 3 aromatic carbocycles. The second kappa shape index (κ2) is 13.1. The highest BCUT2D eigenvalue weighted by atomic mass is 35.5. The maximum atomic E-state index is 13.5. The lowest BCUT2D eigenvalue weighted by Gasteiger charge is -2.35. The van der Waals surface area contributed by atoms with E-state index in [0.717, 1.165) is 40.8 Å². The lowest BCUT2D eigenvalue weighted by atomic mass is 9.92. The molecule has 6 rings (SSSR count). The Morgan fingerprint density at radius 2 is 1.61 bits per heavy atom. The number of β-amino-alcohol motifs (C(OH)–C–C–N with tert-alkyl or cyclic N) is 1. The van der Waals surface area contributed by atoms with Crippen molar-refractivity contribution >= 4 is 46.1 Å². The van der Waals surface area contributed by atoms with E-state index in [9.17, 15) is 14.7 Å². The summed E-state index contributed by atoms with van der Waals surface area (Å²) in [6.07, 6.45) is -0.492. The largest absolute Gasteiger partial charge is 0.491 e. The maximum Gasteiger partial charge on any atom is 0.416 e. The summed E-state index contributed by atoms with van der Waals surface area (Å²) in [7, 11) is 0. The molecule has 2 aliphatic rings. The summed E-state index contributed by atoms with van der Waals surface area (Å²) in [6.45, 7) is 5.44. The highest BCUT2D eigenvalue weighted by Crippen LogP contribution is 2.40. The molecule has 2 N–H and O–H groups in total. The summed E-state index contributed by atoms with van der Waals surface area (Å²) in [5.41, 5.74) is 3.87. The van der Waals surface area contributed by atoms with E-state index in [-0.39, 0.29) is 12.5 Å². The van der Waals surface area contributed by atoms with Gasteiger partial charge >= 0.3 is 6.09 Å². The molecule has 3 heterocycles. The van der Waals surface area contributed by atoms with Gasteiger partial charge in [0, 0.05) is 72.8 Å². The zero-order chi connectivity index (χ0) is 30.8. The fourth-order valence-corrected chi connectivity index (χ4v) is 6.30. The zero-order valence-electron chi connectivity index (χ0n) is 24.3. The molecule has 44 heavy (non-hydrogen) atoms. The van der Waals surface area contributed by atoms with Crippen LogP contribution in [-0.2, 0) is 11.2 Å². The van der Waals surface area contributed by atoms with Crippen LogP contribution in [0.1, 0.15) is 29.8 Å². The van der Waals surface area contributed by atoms with Gasteiger partial charge in [0.15, 0.2) is 0 Å². The smallest absolute Gasteiger partial charge is 0.416 e. The first-order valence-corrected chi connectivity index (χ1v) is 15.4. The third-order valence-electron chi connectivity index (χ3n) is 8.27. The van der Waals surface area contributed by atoms with Gasteiger partial charge in [0.25, 0.3) is 0 Å². The van der Waals surface area contributed by atoms with E-state index in [0.29, 0.717) is 54.1 Å². The molecule has 2 amide bonds. The van der Waals surface area contributed by atoms with Crippen LogP contribution in [0.3, 0.4) is 0 Å². The Balaban J connectivity index is 1.18. The number of aliphatic hydroxyl groups excluding tert-OH is 1. The quantitative estimate of drug-likeness (QED) is 0.277. The van der Waals surface area contributed by atoms with E-state index in [1.54, 1.807) is 36.1 Å². The van der Waals surface area contributed by atoms with Crippen LogP contribution in [0, 0.1) is 0 Å². The summed E-state index contributed by atoms with van der Waals surface area (Å²) in [4.78, 5) is 34.3. The van der Waals surface area contributed by atoms with Crippen LogP contribution in [0.4, 0.5) is 4.79 Å². The Labute approximate surface area is 265 Å². The van der Waals surface area contributed by atoms with Gasteiger partial charge in [-0.2, -0.15) is 0 Å². The topological polar surface area (TPSA) is 98.3 Å². The van der Waals surface area contributed by atoms with Crippen molar-refractivity contribution in [2.45, 2.75) is 25.5 Å². The number of hydrogen-bond acceptors (Lipinski definition) is 6. The summed E-state index contributed by atoms with van der Waals surface area (Å²) < 4.78 is 11.7. The van der Waals surface area contributed by atoms with Gasteiger partial charge in [-0.1, -0.05) is 35.3 Å². The molecule has 0 aliphatic carbocycles. The number of ether oxygens (including phenoxy) is 2. The third kappa shape index (κ3) is 6.66. The van der Waals surface area contributed by atoms with Crippen LogP contribution >= 0.6 is 23.2 Å². The number of aliphatic hydroxyl groups is 1. The Kier molecular flexibility index (Phi) is 9.00. The maximum absolute atomic E-state index is 13.5. The van der Waals surface area contributed by atoms with E-state index < -0.39 is 18.2 Å². The van der Waals surface area contributed by atoms with Gasteiger partial charge in [-0.3, -0.25) is 14.6 Å². The van der Waals surface area contributed by atoms with Crippen molar-refractivity contribution in [2.24, 2.45) is 0 Å². The van der Waals surface area contributed by atoms with E-state index in [1.165, 1.54) is 0 Å². The van der Waals surface area contributed by atoms with Gasteiger partial charge in [0.1, 0.15) is 30.3 Å². The van der Waals surface area contributed by atoms with Crippen molar-refractivity contribution in [3.05, 3.63) is 93.6 Å². The predicted octanol–water partition coefficient (Wildman–Crippen LogP) is 5.53. The summed E-state index contributed by atoms with van der Waals surface area (Å²) in [5, 5.41) is 12.9. The summed E-state index contributed by atoms with van der Waals surface area (Å²) in [6, 6.07) is 19.6. The number of piperazine rings is 1. The fourth-order valence-electron chi connectivity index (χ4n) is 6.00. The molecule has 0 bridgehead atoms. The van der Waals surface area contributed by atoms with Crippen molar-refractivity contribution in [1.29, 1.82) is 0 Å². The average Bonchev–Trinajstić information content (AvgIpc) is 3.39. The lowest BCUT2D eigenvalue weighted by Crippen LogP contribution is -2.50. The molecule has 2 atom stereocenters. The van der Waals surface area contributed by atoms with Gasteiger partial charge in [-0.25, -0.2) is 4.79 Å². The highest BCUT2D eigenvalue weighted by molar-refractivity contribution is 6.31. The van der Waals surface area contributed by atoms with Gasteiger partial charge in [0.2, 0.25) is 5.91 Å². The monoisotopic (exact) mass is 636 g/mol. The number of hydrogen-bond donors (Lipinski definition) is 2. The molecular weight excluding hydrogens is 603 g/mol. The minimum Gasteiger partial charge on any atom is -0.491 e. The van der Waals surface area contributed by atoms with Crippen LogP contribution in [0.5, 0.6) is 11.5 Å². The van der Waals surface area contributed by atoms with Crippen molar-refractivity contribution in [2.75, 3.05) is 45.9 Å². The van der Waals surface area contributed by atoms with E-state index in [4.69, 9.17) is 32.7 Å². The Hall–Kier alpha value is -3.76. The Morgan fingerprint density at radius 1 is 0.932 bits per heavy atom. The molecule has 2 aliphatic heterocycles. The normalized spacial score (nSPS) is 17.8. The van der Waals surface area contributed by atoms with Crippen LogP contribution in [0.2, 0.25) is 10.0 Å². The summed E-state index contributed by atoms with van der Waals surface area (Å²) in [5.74, 6) is 1.11. The fraction of sp³-hybridized carbons (Fsp3) is 0.333. The number of nitrogens with zero attached hydrogens (tertiary/aromatic N) is 3. The Morgan fingerprint density at radius 3 is 2.32 bits per heavy atom. The number of carbonyl (C=O) groups is 2. The molecule has 230 valence electrons. The zero-order valence-corrected chi connectivity index (χ0v) is 25.9. The molecule has 1 saturated heterocycles. The third-order valence-corrected chi connectivity index (χ3v) is 8.75. The lowest BCUT2D eigenvalue weighted by molar-refractivity contribution is -0.130. The molecule has 1 fully saturated rings. The molecule has 9 nitrogen and oxygen atoms in total. The first-order chi connectivity index (χ1) is 21.2. The van der Waals surface area contributed by atoms with E-state index >= 15 is 0 Å². The predicted molar refractivity (Wildman–Crippen MR) is 170 cm³/mol. The SMILES string of the molecule is CC(=O)N1CCN(C[C@@H](O)COc2ccc(C3c4[nH]c5ccc(Cl)cc5c4CCN3C(=O)Oc3ccc(Cl)cc3)cc2)CC1. The number of fused-ring (bicyclic) bond motifs is 3. The van der Waals surface area contributed by atoms with Gasteiger partial charge in [-0.05, 0) is 72.1 Å². The summed E-state index contributed by atoms with van der Waals surface area (Å²) >= 11 is 12.4. The van der Waals surface area contributed by atoms with Crippen LogP contribution in [0.25, 0.3) is 10.9 Å². The van der Waals surface area contributed by atoms with Crippen LogP contribution in [0.15, 0.2) is 66.7 Å². The van der Waals surface area contributed by atoms with E-state index in [2.05, 4.69) is 9.88 Å². The number of rotatable bonds is 7. The Bertz CT molecular complexity index is 1630. The second-order valence-electron chi connectivity index (χ2n) is 11.2. The standard InChI is InChI=1S/C33H34Cl2N4O5/c1-21(40)38-16-14-37(15-17-38)19-25(41)20-43-26-7-2-22(3-8-26)32-31-28(29-18-24(35)6-11-30(29)36-31)12-13-39(32)33(42)44-27-9-4-23(34)5-10-27/h2-11,18,25,32,36,41H,12-17,19-20H2,1H3/t25-,32?/m1/s1. The number of H-pyrrole nitrogens is 1. The first-order valence-electron chi connectivity index (χ1n) is 14.7. The first kappa shape index (κ1) is 30.3. The van der Waals surface area contributed by atoms with Crippen molar-refractivity contribution < 1.29 is 24.2 Å². The molecule has 0 radical (unpaired) electrons. The molecule has 1 aromatic heterocycles. The molecular formula is C33H34Cl2N4O5. The van der Waals surface area contributed by atoms with E-state index in [1.807, 2.05) is 47.4 Å². The van der Waals surface area contributed by atoms with Crippen molar-refractivity contribution in [1.82, 2.24) is 19.7 Å². The number of halogens is 2. The van der Waals surface area contributed by atoms with Crippen molar-refractivity contribution in [3.63, 3.8) is 0 Å².